The molecule has 230 valence electrons. The minimum Gasteiger partial charge on any atom is -0.422 e. The van der Waals surface area contributed by atoms with Gasteiger partial charge in [-0.25, -0.2) is 13.2 Å². The number of hydrogen-bond acceptors (Lipinski definition) is 5. The third-order valence-electron chi connectivity index (χ3n) is 5.86. The van der Waals surface area contributed by atoms with Gasteiger partial charge in [-0.1, -0.05) is 66.4 Å². The van der Waals surface area contributed by atoms with Crippen LogP contribution < -0.4 is 5.59 Å². The Morgan fingerprint density at radius 3 is 1.61 bits per heavy atom. The van der Waals surface area contributed by atoms with E-state index in [4.69, 9.17) is 10.0 Å². The van der Waals surface area contributed by atoms with Crippen LogP contribution in [-0.2, 0) is 14.1 Å². The Kier molecular flexibility index (Phi) is 14.6. The minimum atomic E-state index is -1.61. The third-order valence-corrected chi connectivity index (χ3v) is 5.86. The fourth-order valence-corrected chi connectivity index (χ4v) is 3.84. The lowest BCUT2D eigenvalue weighted by atomic mass is 9.85. The number of alkyl halides is 1. The SMILES string of the molecule is C.CI.Cn1ccc(-c2ccccc2F)n1.Cn1nc(-c2ccccc2F)cc1B(O)O.Fc1ccccc1-c1ccn[nH]1. The van der Waals surface area contributed by atoms with Gasteiger partial charge in [-0.2, -0.15) is 15.3 Å². The molecule has 0 aliphatic heterocycles. The Bertz CT molecular complexity index is 1710. The monoisotopic (exact) mass is 716 g/mol. The second kappa shape index (κ2) is 17.8. The van der Waals surface area contributed by atoms with Gasteiger partial charge in [0.25, 0.3) is 0 Å². The van der Waals surface area contributed by atoms with E-state index in [1.54, 1.807) is 90.9 Å². The summed E-state index contributed by atoms with van der Waals surface area (Å²) in [7, 11) is 1.77. The third kappa shape index (κ3) is 9.66. The molecule has 0 saturated carbocycles. The molecule has 0 aliphatic rings. The molecule has 0 saturated heterocycles. The van der Waals surface area contributed by atoms with Gasteiger partial charge in [-0.3, -0.25) is 14.5 Å². The van der Waals surface area contributed by atoms with Crippen LogP contribution in [-0.4, -0.2) is 51.9 Å². The van der Waals surface area contributed by atoms with Crippen molar-refractivity contribution in [1.29, 1.82) is 0 Å². The molecule has 0 aliphatic carbocycles. The van der Waals surface area contributed by atoms with Crippen LogP contribution in [0, 0.1) is 17.5 Å². The lowest BCUT2D eigenvalue weighted by Crippen LogP contribution is -2.35. The highest BCUT2D eigenvalue weighted by molar-refractivity contribution is 14.1. The van der Waals surface area contributed by atoms with E-state index < -0.39 is 7.12 Å². The van der Waals surface area contributed by atoms with Crippen LogP contribution in [0.3, 0.4) is 0 Å². The van der Waals surface area contributed by atoms with Crippen LogP contribution in [0.15, 0.2) is 103 Å². The quantitative estimate of drug-likeness (QED) is 0.117. The second-order valence-corrected chi connectivity index (χ2v) is 8.74. The van der Waals surface area contributed by atoms with E-state index in [1.807, 2.05) is 12.0 Å². The number of aromatic amines is 1. The van der Waals surface area contributed by atoms with Crippen LogP contribution >= 0.6 is 22.6 Å². The molecule has 0 atom stereocenters. The summed E-state index contributed by atoms with van der Waals surface area (Å²) in [6.45, 7) is 0. The van der Waals surface area contributed by atoms with Crippen LogP contribution in [0.5, 0.6) is 0 Å². The molecule has 44 heavy (non-hydrogen) atoms. The van der Waals surface area contributed by atoms with Crippen LogP contribution in [0.4, 0.5) is 13.2 Å². The van der Waals surface area contributed by atoms with Crippen molar-refractivity contribution in [2.45, 2.75) is 7.43 Å². The number of rotatable bonds is 4. The molecule has 0 bridgehead atoms. The number of H-pyrrole nitrogens is 1. The van der Waals surface area contributed by atoms with E-state index in [2.05, 4.69) is 43.0 Å². The van der Waals surface area contributed by atoms with Gasteiger partial charge in [0, 0.05) is 43.2 Å². The molecule has 6 rings (SSSR count). The maximum absolute atomic E-state index is 13.4. The summed E-state index contributed by atoms with van der Waals surface area (Å²) in [6.07, 6.45) is 3.39. The Balaban J connectivity index is 0.000000223. The first-order valence-electron chi connectivity index (χ1n) is 12.8. The number of nitrogens with one attached hydrogen (secondary N) is 1. The van der Waals surface area contributed by atoms with Gasteiger partial charge >= 0.3 is 7.12 Å². The fraction of sp³-hybridized carbons (Fsp3) is 0.129. The van der Waals surface area contributed by atoms with Crippen molar-refractivity contribution < 1.29 is 23.2 Å². The maximum Gasteiger partial charge on any atom is 0.507 e. The number of nitrogens with zero attached hydrogens (tertiary/aromatic N) is 5. The zero-order valence-electron chi connectivity index (χ0n) is 23.5. The molecule has 3 aromatic carbocycles. The standard InChI is InChI=1S/C10H10BFN2O2.C10H9FN2.C9H7FN2.CH3I.CH4/c1-14-10(11(15)16)6-9(13-14)7-4-2-3-5-8(7)12;1-13-7-6-10(12-13)8-4-2-3-5-9(8)11;10-8-4-2-1-3-7(8)9-5-6-11-12-9;1-2;/h2-6,15-16H,1H3;2-7H,1H3;1-6H,(H,11,12);1H3;1H4. The molecule has 6 aromatic rings. The highest BCUT2D eigenvalue weighted by Gasteiger charge is 2.19. The maximum atomic E-state index is 13.4. The van der Waals surface area contributed by atoms with Crippen molar-refractivity contribution in [3.63, 3.8) is 0 Å². The molecule has 3 heterocycles. The molecule has 0 spiro atoms. The number of halogens is 4. The summed E-state index contributed by atoms with van der Waals surface area (Å²) in [5.41, 5.74) is 3.40. The molecule has 0 fully saturated rings. The second-order valence-electron chi connectivity index (χ2n) is 8.74. The van der Waals surface area contributed by atoms with E-state index in [9.17, 15) is 13.2 Å². The normalized spacial score (nSPS) is 9.75. The van der Waals surface area contributed by atoms with Gasteiger partial charge in [0.2, 0.25) is 0 Å². The highest BCUT2D eigenvalue weighted by atomic mass is 127. The molecule has 3 N–H and O–H groups in total. The van der Waals surface area contributed by atoms with E-state index in [1.165, 1.54) is 28.9 Å². The molecular weight excluding hydrogens is 683 g/mol. The Morgan fingerprint density at radius 2 is 1.20 bits per heavy atom. The molecule has 3 aromatic heterocycles. The van der Waals surface area contributed by atoms with E-state index >= 15 is 0 Å². The highest BCUT2D eigenvalue weighted by Crippen LogP contribution is 2.21. The summed E-state index contributed by atoms with van der Waals surface area (Å²) >= 11 is 2.15. The van der Waals surface area contributed by atoms with Gasteiger partial charge < -0.3 is 10.0 Å². The first kappa shape index (κ1) is 36.0. The van der Waals surface area contributed by atoms with Crippen molar-refractivity contribution in [2.75, 3.05) is 4.93 Å². The van der Waals surface area contributed by atoms with Gasteiger partial charge in [-0.15, -0.1) is 0 Å². The van der Waals surface area contributed by atoms with Crippen LogP contribution in [0.25, 0.3) is 33.8 Å². The van der Waals surface area contributed by atoms with E-state index in [0.29, 0.717) is 33.8 Å². The van der Waals surface area contributed by atoms with Crippen molar-refractivity contribution in [3.8, 4) is 33.8 Å². The average molecular weight is 716 g/mol. The smallest absolute Gasteiger partial charge is 0.422 e. The first-order valence-corrected chi connectivity index (χ1v) is 14.9. The predicted molar refractivity (Wildman–Crippen MR) is 178 cm³/mol. The zero-order valence-corrected chi connectivity index (χ0v) is 25.7. The van der Waals surface area contributed by atoms with Crippen molar-refractivity contribution in [3.05, 3.63) is 121 Å². The minimum absolute atomic E-state index is 0. The van der Waals surface area contributed by atoms with Gasteiger partial charge in [0.1, 0.15) is 17.5 Å². The van der Waals surface area contributed by atoms with Crippen molar-refractivity contribution >= 4 is 35.3 Å². The molecule has 0 amide bonds. The Labute approximate surface area is 268 Å². The molecule has 0 radical (unpaired) electrons. The van der Waals surface area contributed by atoms with Crippen molar-refractivity contribution in [1.82, 2.24) is 29.8 Å². The van der Waals surface area contributed by atoms with Crippen molar-refractivity contribution in [2.24, 2.45) is 14.1 Å². The zero-order chi connectivity index (χ0) is 31.4. The molecular formula is C31H33BF3IN6O2. The van der Waals surface area contributed by atoms with Gasteiger partial charge in [0.05, 0.1) is 22.7 Å². The average Bonchev–Trinajstić information content (AvgIpc) is 3.78. The molecule has 13 heteroatoms. The molecule has 0 unspecified atom stereocenters. The lowest BCUT2D eigenvalue weighted by Gasteiger charge is -1.97. The fourth-order valence-electron chi connectivity index (χ4n) is 3.84. The van der Waals surface area contributed by atoms with Gasteiger partial charge in [-0.05, 0) is 59.5 Å². The predicted octanol–water partition coefficient (Wildman–Crippen LogP) is 6.04. The number of benzene rings is 3. The Hall–Kier alpha value is -4.21. The lowest BCUT2D eigenvalue weighted by molar-refractivity contribution is 0.421. The number of aryl methyl sites for hydroxylation is 2. The largest absolute Gasteiger partial charge is 0.507 e. The van der Waals surface area contributed by atoms with E-state index in [0.717, 1.165) is 0 Å². The summed E-state index contributed by atoms with van der Waals surface area (Å²) in [5.74, 6) is -0.859. The summed E-state index contributed by atoms with van der Waals surface area (Å²) < 4.78 is 42.8. The van der Waals surface area contributed by atoms with Gasteiger partial charge in [0.15, 0.2) is 0 Å². The number of aromatic nitrogens is 6. The molecule has 8 nitrogen and oxygen atoms in total. The first-order chi connectivity index (χ1) is 20.7. The van der Waals surface area contributed by atoms with E-state index in [-0.39, 0.29) is 30.5 Å². The summed E-state index contributed by atoms with van der Waals surface area (Å²) in [5, 5.41) is 32.7. The van der Waals surface area contributed by atoms with Crippen LogP contribution in [0.1, 0.15) is 7.43 Å². The van der Waals surface area contributed by atoms with Crippen LogP contribution in [0.2, 0.25) is 0 Å². The summed E-state index contributed by atoms with van der Waals surface area (Å²) in [4.78, 5) is 1.97. The topological polar surface area (TPSA) is 105 Å². The Morgan fingerprint density at radius 1 is 0.705 bits per heavy atom. The number of hydrogen-bond donors (Lipinski definition) is 3. The summed E-state index contributed by atoms with van der Waals surface area (Å²) in [6, 6.07) is 24.4.